The summed E-state index contributed by atoms with van der Waals surface area (Å²) in [5, 5.41) is 5.17. The molecule has 2 rings (SSSR count). The lowest BCUT2D eigenvalue weighted by atomic mass is 10.3. The van der Waals surface area contributed by atoms with Crippen LogP contribution in [-0.4, -0.2) is 22.1 Å². The molecule has 0 aliphatic rings. The summed E-state index contributed by atoms with van der Waals surface area (Å²) in [4.78, 5) is 27.3. The highest BCUT2D eigenvalue weighted by molar-refractivity contribution is 5.89. The van der Waals surface area contributed by atoms with Crippen LogP contribution in [0, 0.1) is 12.7 Å². The number of anilines is 1. The first-order chi connectivity index (χ1) is 10.1. The average Bonchev–Trinajstić information content (AvgIpc) is 2.46. The second-order valence-electron chi connectivity index (χ2n) is 4.46. The Hall–Kier alpha value is -2.70. The second-order valence-corrected chi connectivity index (χ2v) is 4.46. The molecule has 0 fully saturated rings. The van der Waals surface area contributed by atoms with Gasteiger partial charge in [0.2, 0.25) is 0 Å². The van der Waals surface area contributed by atoms with Gasteiger partial charge >= 0.3 is 6.03 Å². The summed E-state index contributed by atoms with van der Waals surface area (Å²) in [6.45, 7) is 2.28. The fourth-order valence-corrected chi connectivity index (χ4v) is 1.72. The number of carbonyl (C=O) groups excluding carboxylic acids is 1. The van der Waals surface area contributed by atoms with Gasteiger partial charge in [-0.2, -0.15) is 0 Å². The van der Waals surface area contributed by atoms with E-state index in [0.29, 0.717) is 17.8 Å². The van der Waals surface area contributed by atoms with Crippen LogP contribution in [0.25, 0.3) is 0 Å². The number of benzene rings is 1. The number of rotatable bonds is 4. The van der Waals surface area contributed by atoms with Crippen LogP contribution in [-0.2, 0) is 6.54 Å². The molecular formula is C14H15FN4O2. The summed E-state index contributed by atoms with van der Waals surface area (Å²) in [7, 11) is 0. The van der Waals surface area contributed by atoms with Crippen LogP contribution < -0.4 is 16.2 Å². The molecule has 7 heteroatoms. The molecule has 110 valence electrons. The number of amides is 2. The summed E-state index contributed by atoms with van der Waals surface area (Å²) >= 11 is 0. The lowest BCUT2D eigenvalue weighted by Gasteiger charge is -2.09. The maximum Gasteiger partial charge on any atom is 0.319 e. The van der Waals surface area contributed by atoms with Gasteiger partial charge in [0.05, 0.1) is 6.33 Å². The van der Waals surface area contributed by atoms with Gasteiger partial charge < -0.3 is 10.6 Å². The molecule has 2 amide bonds. The van der Waals surface area contributed by atoms with Crippen LogP contribution in [0.15, 0.2) is 41.6 Å². The van der Waals surface area contributed by atoms with Crippen LogP contribution >= 0.6 is 0 Å². The minimum atomic E-state index is -0.421. The molecule has 0 radical (unpaired) electrons. The number of carbonyl (C=O) groups is 1. The van der Waals surface area contributed by atoms with E-state index in [4.69, 9.17) is 0 Å². The number of nitrogens with zero attached hydrogens (tertiary/aromatic N) is 2. The minimum Gasteiger partial charge on any atom is -0.336 e. The van der Waals surface area contributed by atoms with Crippen LogP contribution in [0.5, 0.6) is 0 Å². The number of hydrogen-bond acceptors (Lipinski definition) is 3. The van der Waals surface area contributed by atoms with Crippen molar-refractivity contribution < 1.29 is 9.18 Å². The molecule has 0 saturated carbocycles. The lowest BCUT2D eigenvalue weighted by Crippen LogP contribution is -2.34. The molecule has 0 aliphatic heterocycles. The normalized spacial score (nSPS) is 10.2. The third-order valence-corrected chi connectivity index (χ3v) is 2.81. The van der Waals surface area contributed by atoms with Gasteiger partial charge in [-0.1, -0.05) is 0 Å². The Labute approximate surface area is 120 Å². The fourth-order valence-electron chi connectivity index (χ4n) is 1.72. The summed E-state index contributed by atoms with van der Waals surface area (Å²) in [5.41, 5.74) is 0.905. The lowest BCUT2D eigenvalue weighted by molar-refractivity contribution is 0.251. The smallest absolute Gasteiger partial charge is 0.319 e. The first kappa shape index (κ1) is 14.7. The van der Waals surface area contributed by atoms with Gasteiger partial charge in [0.25, 0.3) is 5.56 Å². The highest BCUT2D eigenvalue weighted by Gasteiger charge is 2.03. The van der Waals surface area contributed by atoms with Gasteiger partial charge in [0.15, 0.2) is 0 Å². The van der Waals surface area contributed by atoms with Crippen molar-refractivity contribution in [2.75, 3.05) is 11.9 Å². The number of nitrogens with one attached hydrogen (secondary N) is 2. The Kier molecular flexibility index (Phi) is 4.65. The zero-order valence-corrected chi connectivity index (χ0v) is 11.5. The Morgan fingerprint density at radius 2 is 2.05 bits per heavy atom. The molecule has 2 aromatic rings. The highest BCUT2D eigenvalue weighted by Crippen LogP contribution is 2.07. The maximum atomic E-state index is 12.7. The van der Waals surface area contributed by atoms with Crippen molar-refractivity contribution in [1.82, 2.24) is 14.9 Å². The molecule has 2 N–H and O–H groups in total. The number of hydrogen-bond donors (Lipinski definition) is 2. The zero-order chi connectivity index (χ0) is 15.2. The monoisotopic (exact) mass is 290 g/mol. The van der Waals surface area contributed by atoms with Crippen LogP contribution in [0.2, 0.25) is 0 Å². The Bertz CT molecular complexity index is 682. The van der Waals surface area contributed by atoms with E-state index in [1.165, 1.54) is 41.4 Å². The first-order valence-electron chi connectivity index (χ1n) is 6.38. The van der Waals surface area contributed by atoms with Crippen molar-refractivity contribution in [1.29, 1.82) is 0 Å². The minimum absolute atomic E-state index is 0.134. The predicted molar refractivity (Wildman–Crippen MR) is 76.7 cm³/mol. The topological polar surface area (TPSA) is 76.0 Å². The van der Waals surface area contributed by atoms with E-state index in [0.717, 1.165) is 0 Å². The number of urea groups is 1. The second kappa shape index (κ2) is 6.65. The Morgan fingerprint density at radius 3 is 2.76 bits per heavy atom. The molecular weight excluding hydrogens is 275 g/mol. The third kappa shape index (κ3) is 4.13. The SMILES string of the molecule is Cc1cncn(CCNC(=O)Nc2ccc(F)cc2)c1=O. The standard InChI is InChI=1S/C14H15FN4O2/c1-10-8-16-9-19(13(10)20)7-6-17-14(21)18-12-4-2-11(15)3-5-12/h2-5,8-9H,6-7H2,1H3,(H2,17,18,21). The molecule has 0 saturated heterocycles. The van der Waals surface area contributed by atoms with E-state index in [2.05, 4.69) is 15.6 Å². The van der Waals surface area contributed by atoms with E-state index in [1.807, 2.05) is 0 Å². The average molecular weight is 290 g/mol. The van der Waals surface area contributed by atoms with Crippen molar-refractivity contribution in [2.45, 2.75) is 13.5 Å². The van der Waals surface area contributed by atoms with E-state index in [9.17, 15) is 14.0 Å². The van der Waals surface area contributed by atoms with Gasteiger partial charge in [-0.25, -0.2) is 14.2 Å². The Morgan fingerprint density at radius 1 is 1.33 bits per heavy atom. The number of halogens is 1. The van der Waals surface area contributed by atoms with E-state index >= 15 is 0 Å². The molecule has 0 unspecified atom stereocenters. The van der Waals surface area contributed by atoms with Crippen LogP contribution in [0.1, 0.15) is 5.56 Å². The molecule has 0 atom stereocenters. The predicted octanol–water partition coefficient (Wildman–Crippen LogP) is 1.51. The highest BCUT2D eigenvalue weighted by atomic mass is 19.1. The van der Waals surface area contributed by atoms with Crippen LogP contribution in [0.3, 0.4) is 0 Å². The van der Waals surface area contributed by atoms with E-state index < -0.39 is 6.03 Å². The largest absolute Gasteiger partial charge is 0.336 e. The molecule has 0 spiro atoms. The summed E-state index contributed by atoms with van der Waals surface area (Å²) in [6, 6.07) is 5.02. The van der Waals surface area contributed by atoms with Crippen molar-refractivity contribution in [3.63, 3.8) is 0 Å². The van der Waals surface area contributed by atoms with Crippen molar-refractivity contribution >= 4 is 11.7 Å². The zero-order valence-electron chi connectivity index (χ0n) is 11.5. The first-order valence-corrected chi connectivity index (χ1v) is 6.38. The van der Waals surface area contributed by atoms with E-state index in [-0.39, 0.29) is 17.9 Å². The summed E-state index contributed by atoms with van der Waals surface area (Å²) in [5.74, 6) is -0.368. The van der Waals surface area contributed by atoms with Gasteiger partial charge in [0, 0.05) is 30.5 Å². The van der Waals surface area contributed by atoms with Gasteiger partial charge in [-0.15, -0.1) is 0 Å². The fraction of sp³-hybridized carbons (Fsp3) is 0.214. The van der Waals surface area contributed by atoms with Gasteiger partial charge in [0.1, 0.15) is 5.82 Å². The number of aromatic nitrogens is 2. The van der Waals surface area contributed by atoms with Crippen molar-refractivity contribution in [2.24, 2.45) is 0 Å². The molecule has 1 heterocycles. The summed E-state index contributed by atoms with van der Waals surface area (Å²) < 4.78 is 14.1. The third-order valence-electron chi connectivity index (χ3n) is 2.81. The molecule has 0 bridgehead atoms. The van der Waals surface area contributed by atoms with Crippen molar-refractivity contribution in [3.8, 4) is 0 Å². The maximum absolute atomic E-state index is 12.7. The van der Waals surface area contributed by atoms with E-state index in [1.54, 1.807) is 6.92 Å². The molecule has 1 aromatic carbocycles. The van der Waals surface area contributed by atoms with Crippen LogP contribution in [0.4, 0.5) is 14.9 Å². The quantitative estimate of drug-likeness (QED) is 0.896. The Balaban J connectivity index is 1.83. The summed E-state index contributed by atoms with van der Waals surface area (Å²) in [6.07, 6.45) is 2.92. The molecule has 21 heavy (non-hydrogen) atoms. The van der Waals surface area contributed by atoms with Gasteiger partial charge in [-0.05, 0) is 31.2 Å². The molecule has 1 aromatic heterocycles. The molecule has 6 nitrogen and oxygen atoms in total. The van der Waals surface area contributed by atoms with Crippen molar-refractivity contribution in [3.05, 3.63) is 58.5 Å². The van der Waals surface area contributed by atoms with Gasteiger partial charge in [-0.3, -0.25) is 9.36 Å². The number of aryl methyl sites for hydroxylation is 1. The molecule has 0 aliphatic carbocycles.